The van der Waals surface area contributed by atoms with Crippen LogP contribution in [0.4, 0.5) is 4.39 Å². The molecule has 1 amide bonds. The van der Waals surface area contributed by atoms with Gasteiger partial charge in [-0.15, -0.1) is 0 Å². The zero-order chi connectivity index (χ0) is 19.5. The maximum atomic E-state index is 13.2. The van der Waals surface area contributed by atoms with Gasteiger partial charge in [0, 0.05) is 25.1 Å². The molecule has 28 heavy (non-hydrogen) atoms. The number of hydrogen-bond donors (Lipinski definition) is 0. The third-order valence-electron chi connectivity index (χ3n) is 4.89. The molecule has 2 aromatic carbocycles. The number of ether oxygens (including phenoxy) is 1. The van der Waals surface area contributed by atoms with Crippen molar-refractivity contribution >= 4 is 16.9 Å². The predicted octanol–water partition coefficient (Wildman–Crippen LogP) is 3.75. The van der Waals surface area contributed by atoms with E-state index in [2.05, 4.69) is 0 Å². The molecule has 1 fully saturated rings. The highest BCUT2D eigenvalue weighted by Gasteiger charge is 2.26. The Morgan fingerprint density at radius 2 is 1.93 bits per heavy atom. The normalized spacial score (nSPS) is 16.4. The van der Waals surface area contributed by atoms with Crippen LogP contribution in [0.2, 0.25) is 0 Å². The molecule has 144 valence electrons. The highest BCUT2D eigenvalue weighted by atomic mass is 19.1. The van der Waals surface area contributed by atoms with E-state index in [-0.39, 0.29) is 24.0 Å². The molecule has 6 heteroatoms. The van der Waals surface area contributed by atoms with Gasteiger partial charge in [-0.25, -0.2) is 9.18 Å². The van der Waals surface area contributed by atoms with Crippen molar-refractivity contribution in [3.8, 4) is 0 Å². The molecule has 1 aromatic heterocycles. The summed E-state index contributed by atoms with van der Waals surface area (Å²) in [4.78, 5) is 27.2. The van der Waals surface area contributed by atoms with Gasteiger partial charge in [-0.2, -0.15) is 0 Å². The molecule has 1 saturated heterocycles. The van der Waals surface area contributed by atoms with E-state index in [1.807, 2.05) is 6.07 Å². The van der Waals surface area contributed by atoms with Crippen LogP contribution in [0.25, 0.3) is 11.0 Å². The molecule has 5 nitrogen and oxygen atoms in total. The number of fused-ring (bicyclic) bond motifs is 1. The van der Waals surface area contributed by atoms with Crippen molar-refractivity contribution in [2.75, 3.05) is 13.2 Å². The number of rotatable bonds is 5. The van der Waals surface area contributed by atoms with Crippen LogP contribution in [-0.4, -0.2) is 30.1 Å². The predicted molar refractivity (Wildman–Crippen MR) is 103 cm³/mol. The lowest BCUT2D eigenvalue weighted by Gasteiger charge is -2.25. The van der Waals surface area contributed by atoms with E-state index >= 15 is 0 Å². The lowest BCUT2D eigenvalue weighted by molar-refractivity contribution is 0.0504. The second-order valence-electron chi connectivity index (χ2n) is 6.93. The Bertz CT molecular complexity index is 1040. The monoisotopic (exact) mass is 381 g/mol. The number of carbonyl (C=O) groups excluding carboxylic acids is 1. The van der Waals surface area contributed by atoms with Crippen molar-refractivity contribution in [3.05, 3.63) is 82.0 Å². The number of halogens is 1. The molecule has 0 saturated carbocycles. The second-order valence-corrected chi connectivity index (χ2v) is 6.93. The van der Waals surface area contributed by atoms with Gasteiger partial charge >= 0.3 is 5.63 Å². The first-order valence-corrected chi connectivity index (χ1v) is 9.28. The van der Waals surface area contributed by atoms with Gasteiger partial charge in [0.05, 0.1) is 6.10 Å². The summed E-state index contributed by atoms with van der Waals surface area (Å²) in [5, 5.41) is 0.685. The molecule has 0 N–H and O–H groups in total. The smallest absolute Gasteiger partial charge is 0.349 e. The Kier molecular flexibility index (Phi) is 5.21. The van der Waals surface area contributed by atoms with Crippen LogP contribution in [0.5, 0.6) is 0 Å². The standard InChI is InChI=1S/C22H20FNO4/c23-17-9-7-15(8-10-17)13-24(14-18-5-3-11-27-18)21(25)19-12-16-4-1-2-6-20(16)28-22(19)26/h1-2,4,6-10,12,18H,3,5,11,13-14H2/t18-/m0/s1. The Hall–Kier alpha value is -2.99. The van der Waals surface area contributed by atoms with Gasteiger partial charge in [-0.1, -0.05) is 30.3 Å². The third-order valence-corrected chi connectivity index (χ3v) is 4.89. The molecule has 1 atom stereocenters. The van der Waals surface area contributed by atoms with Crippen molar-refractivity contribution in [2.24, 2.45) is 0 Å². The molecular weight excluding hydrogens is 361 g/mol. The fraction of sp³-hybridized carbons (Fsp3) is 0.273. The Morgan fingerprint density at radius 1 is 1.14 bits per heavy atom. The molecule has 1 aliphatic rings. The van der Waals surface area contributed by atoms with E-state index in [0.717, 1.165) is 18.4 Å². The van der Waals surface area contributed by atoms with Crippen LogP contribution in [0, 0.1) is 5.82 Å². The third kappa shape index (κ3) is 3.97. The van der Waals surface area contributed by atoms with Crippen LogP contribution >= 0.6 is 0 Å². The number of benzene rings is 2. The SMILES string of the molecule is O=C(c1cc2ccccc2oc1=O)N(Cc1ccc(F)cc1)C[C@@H]1CCCO1. The van der Waals surface area contributed by atoms with Crippen LogP contribution in [0.3, 0.4) is 0 Å². The summed E-state index contributed by atoms with van der Waals surface area (Å²) in [7, 11) is 0. The molecule has 2 heterocycles. The molecule has 0 spiro atoms. The van der Waals surface area contributed by atoms with Gasteiger partial charge < -0.3 is 14.1 Å². The molecule has 0 aliphatic carbocycles. The molecule has 1 aliphatic heterocycles. The minimum Gasteiger partial charge on any atom is -0.422 e. The largest absolute Gasteiger partial charge is 0.422 e. The zero-order valence-corrected chi connectivity index (χ0v) is 15.3. The first-order valence-electron chi connectivity index (χ1n) is 9.28. The van der Waals surface area contributed by atoms with Gasteiger partial charge in [0.15, 0.2) is 0 Å². The zero-order valence-electron chi connectivity index (χ0n) is 15.3. The minimum absolute atomic E-state index is 0.0150. The number of amides is 1. The Morgan fingerprint density at radius 3 is 2.68 bits per heavy atom. The fourth-order valence-electron chi connectivity index (χ4n) is 3.44. The summed E-state index contributed by atoms with van der Waals surface area (Å²) < 4.78 is 24.2. The van der Waals surface area contributed by atoms with Crippen LogP contribution in [-0.2, 0) is 11.3 Å². The summed E-state index contributed by atoms with van der Waals surface area (Å²) >= 11 is 0. The van der Waals surface area contributed by atoms with E-state index < -0.39 is 11.5 Å². The summed E-state index contributed by atoms with van der Waals surface area (Å²) in [5.41, 5.74) is 0.533. The quantitative estimate of drug-likeness (QED) is 0.632. The lowest BCUT2D eigenvalue weighted by atomic mass is 10.1. The van der Waals surface area contributed by atoms with Gasteiger partial charge in [0.1, 0.15) is 17.0 Å². The van der Waals surface area contributed by atoms with E-state index in [0.29, 0.717) is 24.1 Å². The maximum absolute atomic E-state index is 13.2. The van der Waals surface area contributed by atoms with Gasteiger partial charge in [0.25, 0.3) is 5.91 Å². The highest BCUT2D eigenvalue weighted by Crippen LogP contribution is 2.19. The molecule has 0 bridgehead atoms. The van der Waals surface area contributed by atoms with Crippen molar-refractivity contribution in [1.29, 1.82) is 0 Å². The molecule has 0 unspecified atom stereocenters. The van der Waals surface area contributed by atoms with Crippen molar-refractivity contribution in [3.63, 3.8) is 0 Å². The van der Waals surface area contributed by atoms with Crippen LogP contribution < -0.4 is 5.63 Å². The van der Waals surface area contributed by atoms with E-state index in [4.69, 9.17) is 9.15 Å². The maximum Gasteiger partial charge on any atom is 0.349 e. The summed E-state index contributed by atoms with van der Waals surface area (Å²) in [6.45, 7) is 1.29. The number of carbonyl (C=O) groups is 1. The lowest BCUT2D eigenvalue weighted by Crippen LogP contribution is -2.38. The average molecular weight is 381 g/mol. The van der Waals surface area contributed by atoms with Crippen molar-refractivity contribution in [1.82, 2.24) is 4.90 Å². The van der Waals surface area contributed by atoms with Crippen molar-refractivity contribution < 1.29 is 18.3 Å². The minimum atomic E-state index is -0.667. The molecule has 3 aromatic rings. The summed E-state index contributed by atoms with van der Waals surface area (Å²) in [6.07, 6.45) is 1.73. The Balaban J connectivity index is 1.66. The topological polar surface area (TPSA) is 59.8 Å². The highest BCUT2D eigenvalue weighted by molar-refractivity contribution is 5.96. The second kappa shape index (κ2) is 7.94. The van der Waals surface area contributed by atoms with Gasteiger partial charge in [-0.3, -0.25) is 4.79 Å². The molecular formula is C22H20FNO4. The van der Waals surface area contributed by atoms with Gasteiger partial charge in [-0.05, 0) is 42.7 Å². The first-order chi connectivity index (χ1) is 13.6. The number of hydrogen-bond acceptors (Lipinski definition) is 4. The summed E-state index contributed by atoms with van der Waals surface area (Å²) in [5.74, 6) is -0.754. The van der Waals surface area contributed by atoms with Crippen LogP contribution in [0.1, 0.15) is 28.8 Å². The number of para-hydroxylation sites is 1. The van der Waals surface area contributed by atoms with Crippen molar-refractivity contribution in [2.45, 2.75) is 25.5 Å². The van der Waals surface area contributed by atoms with Gasteiger partial charge in [0.2, 0.25) is 0 Å². The van der Waals surface area contributed by atoms with E-state index in [9.17, 15) is 14.0 Å². The fourth-order valence-corrected chi connectivity index (χ4v) is 3.44. The first kappa shape index (κ1) is 18.4. The summed E-state index contributed by atoms with van der Waals surface area (Å²) in [6, 6.07) is 14.6. The Labute approximate surface area is 161 Å². The number of nitrogens with zero attached hydrogens (tertiary/aromatic N) is 1. The van der Waals surface area contributed by atoms with E-state index in [1.165, 1.54) is 12.1 Å². The van der Waals surface area contributed by atoms with Crippen LogP contribution in [0.15, 0.2) is 63.8 Å². The van der Waals surface area contributed by atoms with E-state index in [1.54, 1.807) is 41.3 Å². The molecule has 4 rings (SSSR count). The average Bonchev–Trinajstić information content (AvgIpc) is 3.21. The molecule has 0 radical (unpaired) electrons.